The van der Waals surface area contributed by atoms with E-state index >= 15 is 0 Å². The molecule has 0 spiro atoms. The lowest BCUT2D eigenvalue weighted by Gasteiger charge is -2.13. The van der Waals surface area contributed by atoms with Crippen LogP contribution in [0.15, 0.2) is 54.6 Å². The van der Waals surface area contributed by atoms with E-state index < -0.39 is 40.4 Å². The van der Waals surface area contributed by atoms with Crippen molar-refractivity contribution in [1.82, 2.24) is 0 Å². The molecule has 0 aliphatic rings. The monoisotopic (exact) mass is 372 g/mol. The van der Waals surface area contributed by atoms with Gasteiger partial charge in [0.1, 0.15) is 5.56 Å². The van der Waals surface area contributed by atoms with Crippen LogP contribution in [0.4, 0.5) is 22.0 Å². The van der Waals surface area contributed by atoms with Crippen LogP contribution in [0.5, 0.6) is 0 Å². The van der Waals surface area contributed by atoms with Crippen molar-refractivity contribution < 1.29 is 26.7 Å². The lowest BCUT2D eigenvalue weighted by atomic mass is 9.91. The Labute approximate surface area is 149 Å². The molecule has 0 amide bonds. The molecule has 0 unspecified atom stereocenters. The normalized spacial score (nSPS) is 11.3. The van der Waals surface area contributed by atoms with Gasteiger partial charge in [-0.05, 0) is 27.6 Å². The van der Waals surface area contributed by atoms with Crippen molar-refractivity contribution in [2.75, 3.05) is 0 Å². The van der Waals surface area contributed by atoms with Crippen LogP contribution in [0.3, 0.4) is 0 Å². The van der Waals surface area contributed by atoms with Crippen molar-refractivity contribution in [3.63, 3.8) is 0 Å². The lowest BCUT2D eigenvalue weighted by molar-refractivity contribution is 0.103. The summed E-state index contributed by atoms with van der Waals surface area (Å²) in [6, 6.07) is 14.9. The second-order valence-electron chi connectivity index (χ2n) is 5.97. The summed E-state index contributed by atoms with van der Waals surface area (Å²) in [5, 5.41) is 1.90. The molecule has 0 radical (unpaired) electrons. The molecule has 0 bridgehead atoms. The fraction of sp³-hybridized carbons (Fsp3) is 0. The molecule has 0 aromatic heterocycles. The third kappa shape index (κ3) is 2.48. The highest BCUT2D eigenvalue weighted by atomic mass is 19.2. The topological polar surface area (TPSA) is 17.1 Å². The summed E-state index contributed by atoms with van der Waals surface area (Å²) in [4.78, 5) is 13.0. The summed E-state index contributed by atoms with van der Waals surface area (Å²) in [5.41, 5.74) is -1.58. The number of carbonyl (C=O) groups is 1. The van der Waals surface area contributed by atoms with Crippen molar-refractivity contribution in [3.05, 3.63) is 94.8 Å². The summed E-state index contributed by atoms with van der Waals surface area (Å²) in [6.07, 6.45) is 0. The lowest BCUT2D eigenvalue weighted by Crippen LogP contribution is -2.14. The Hall–Kier alpha value is -3.28. The maximum Gasteiger partial charge on any atom is 0.200 e. The fourth-order valence-electron chi connectivity index (χ4n) is 3.19. The van der Waals surface area contributed by atoms with Gasteiger partial charge in [0.15, 0.2) is 29.1 Å². The Morgan fingerprint density at radius 1 is 0.556 bits per heavy atom. The van der Waals surface area contributed by atoms with E-state index in [0.29, 0.717) is 21.5 Å². The predicted molar refractivity (Wildman–Crippen MR) is 91.1 cm³/mol. The molecule has 0 saturated heterocycles. The predicted octanol–water partition coefficient (Wildman–Crippen LogP) is 5.92. The molecular weight excluding hydrogens is 363 g/mol. The molecule has 0 aliphatic heterocycles. The van der Waals surface area contributed by atoms with Gasteiger partial charge in [0.05, 0.1) is 0 Å². The Morgan fingerprint density at radius 3 is 1.44 bits per heavy atom. The maximum absolute atomic E-state index is 14.2. The van der Waals surface area contributed by atoms with Gasteiger partial charge in [0.2, 0.25) is 5.82 Å². The molecule has 4 rings (SSSR count). The first-order valence-corrected chi connectivity index (χ1v) is 7.88. The maximum atomic E-state index is 14.2. The van der Waals surface area contributed by atoms with Crippen molar-refractivity contribution in [2.24, 2.45) is 0 Å². The van der Waals surface area contributed by atoms with E-state index in [0.717, 1.165) is 0 Å². The quantitative estimate of drug-likeness (QED) is 0.140. The fourth-order valence-corrected chi connectivity index (χ4v) is 3.19. The minimum absolute atomic E-state index is 0.119. The number of ketones is 1. The van der Waals surface area contributed by atoms with Crippen LogP contribution in [0.1, 0.15) is 15.9 Å². The van der Waals surface area contributed by atoms with Crippen molar-refractivity contribution in [1.29, 1.82) is 0 Å². The average molecular weight is 372 g/mol. The molecule has 0 saturated carbocycles. The SMILES string of the molecule is O=C(c1c(F)c(F)c(F)c(F)c1F)c1c2ccccc2cc2ccccc12. The zero-order valence-corrected chi connectivity index (χ0v) is 13.5. The number of benzene rings is 4. The first-order chi connectivity index (χ1) is 12.9. The van der Waals surface area contributed by atoms with Gasteiger partial charge in [-0.2, -0.15) is 0 Å². The molecule has 4 aromatic rings. The van der Waals surface area contributed by atoms with Gasteiger partial charge in [0, 0.05) is 5.56 Å². The highest BCUT2D eigenvalue weighted by molar-refractivity contribution is 6.24. The number of carbonyl (C=O) groups excluding carboxylic acids is 1. The molecule has 1 nitrogen and oxygen atoms in total. The number of halogens is 5. The molecule has 0 aliphatic carbocycles. The van der Waals surface area contributed by atoms with Crippen LogP contribution in [0, 0.1) is 29.1 Å². The summed E-state index contributed by atoms with van der Waals surface area (Å²) in [6.45, 7) is 0. The average Bonchev–Trinajstić information content (AvgIpc) is 2.69. The van der Waals surface area contributed by atoms with Gasteiger partial charge in [-0.3, -0.25) is 4.79 Å². The van der Waals surface area contributed by atoms with E-state index in [2.05, 4.69) is 0 Å². The van der Waals surface area contributed by atoms with E-state index in [9.17, 15) is 26.7 Å². The van der Waals surface area contributed by atoms with Crippen LogP contribution >= 0.6 is 0 Å². The van der Waals surface area contributed by atoms with E-state index in [1.165, 1.54) is 0 Å². The molecule has 27 heavy (non-hydrogen) atoms. The van der Waals surface area contributed by atoms with Gasteiger partial charge in [-0.25, -0.2) is 22.0 Å². The zero-order valence-electron chi connectivity index (χ0n) is 13.5. The Kier molecular flexibility index (Phi) is 3.91. The Morgan fingerprint density at radius 2 is 0.963 bits per heavy atom. The molecule has 0 heterocycles. The minimum Gasteiger partial charge on any atom is -0.288 e. The highest BCUT2D eigenvalue weighted by Crippen LogP contribution is 2.33. The Bertz CT molecular complexity index is 1160. The van der Waals surface area contributed by atoms with E-state index in [-0.39, 0.29) is 5.56 Å². The molecule has 134 valence electrons. The summed E-state index contributed by atoms with van der Waals surface area (Å²) in [7, 11) is 0. The smallest absolute Gasteiger partial charge is 0.200 e. The molecule has 0 atom stereocenters. The highest BCUT2D eigenvalue weighted by Gasteiger charge is 2.31. The van der Waals surface area contributed by atoms with Crippen LogP contribution in [0.2, 0.25) is 0 Å². The van der Waals surface area contributed by atoms with E-state index in [4.69, 9.17) is 0 Å². The third-order valence-corrected chi connectivity index (χ3v) is 4.44. The number of rotatable bonds is 2. The van der Waals surface area contributed by atoms with Crippen molar-refractivity contribution in [2.45, 2.75) is 0 Å². The van der Waals surface area contributed by atoms with Crippen LogP contribution in [-0.2, 0) is 0 Å². The second-order valence-corrected chi connectivity index (χ2v) is 5.97. The van der Waals surface area contributed by atoms with Crippen LogP contribution < -0.4 is 0 Å². The number of fused-ring (bicyclic) bond motifs is 2. The van der Waals surface area contributed by atoms with E-state index in [1.807, 2.05) is 0 Å². The summed E-state index contributed by atoms with van der Waals surface area (Å²) >= 11 is 0. The summed E-state index contributed by atoms with van der Waals surface area (Å²) < 4.78 is 68.9. The molecular formula is C21H9F5O. The number of hydrogen-bond acceptors (Lipinski definition) is 1. The largest absolute Gasteiger partial charge is 0.288 e. The molecule has 0 N–H and O–H groups in total. The third-order valence-electron chi connectivity index (χ3n) is 4.44. The summed E-state index contributed by atoms with van der Waals surface area (Å²) in [5.74, 6) is -12.2. The minimum atomic E-state index is -2.30. The van der Waals surface area contributed by atoms with Gasteiger partial charge in [-0.15, -0.1) is 0 Å². The zero-order chi connectivity index (χ0) is 19.3. The van der Waals surface area contributed by atoms with Gasteiger partial charge < -0.3 is 0 Å². The number of hydrogen-bond donors (Lipinski definition) is 0. The van der Waals surface area contributed by atoms with Crippen molar-refractivity contribution in [3.8, 4) is 0 Å². The molecule has 6 heteroatoms. The van der Waals surface area contributed by atoms with Gasteiger partial charge in [-0.1, -0.05) is 48.5 Å². The standard InChI is InChI=1S/C21H9F5O/c22-16-15(17(23)19(25)20(26)18(16)24)21(27)14-12-7-3-1-5-10(12)9-11-6-2-4-8-13(11)14/h1-9H. The van der Waals surface area contributed by atoms with Gasteiger partial charge in [0.25, 0.3) is 0 Å². The van der Waals surface area contributed by atoms with Crippen molar-refractivity contribution >= 4 is 27.3 Å². The van der Waals surface area contributed by atoms with Gasteiger partial charge >= 0.3 is 0 Å². The van der Waals surface area contributed by atoms with E-state index in [1.54, 1.807) is 54.6 Å². The van der Waals surface area contributed by atoms with Crippen LogP contribution in [0.25, 0.3) is 21.5 Å². The first kappa shape index (κ1) is 17.1. The molecule has 0 fully saturated rings. The molecule has 4 aromatic carbocycles. The first-order valence-electron chi connectivity index (χ1n) is 7.88. The second kappa shape index (κ2) is 6.16. The Balaban J connectivity index is 2.13. The van der Waals surface area contributed by atoms with Crippen LogP contribution in [-0.4, -0.2) is 5.78 Å².